The van der Waals surface area contributed by atoms with E-state index in [-0.39, 0.29) is 6.61 Å². The molecule has 0 bridgehead atoms. The van der Waals surface area contributed by atoms with Crippen LogP contribution < -0.4 is 5.32 Å². The lowest BCUT2D eigenvalue weighted by molar-refractivity contribution is 0.0506. The number of esters is 1. The van der Waals surface area contributed by atoms with E-state index in [1.54, 1.807) is 0 Å². The van der Waals surface area contributed by atoms with Gasteiger partial charge < -0.3 is 15.2 Å². The van der Waals surface area contributed by atoms with Gasteiger partial charge in [0.05, 0.1) is 18.9 Å². The predicted molar refractivity (Wildman–Crippen MR) is 80.4 cm³/mol. The molecule has 0 radical (unpaired) electrons. The van der Waals surface area contributed by atoms with E-state index in [9.17, 15) is 4.79 Å². The van der Waals surface area contributed by atoms with Gasteiger partial charge in [-0.15, -0.1) is 0 Å². The van der Waals surface area contributed by atoms with Gasteiger partial charge in [0.2, 0.25) is 0 Å². The van der Waals surface area contributed by atoms with Crippen LogP contribution in [0.25, 0.3) is 11.0 Å². The largest absolute Gasteiger partial charge is 0.462 e. The molecule has 2 N–H and O–H groups in total. The van der Waals surface area contributed by atoms with Crippen molar-refractivity contribution in [1.29, 1.82) is 0 Å². The van der Waals surface area contributed by atoms with Gasteiger partial charge in [-0.3, -0.25) is 0 Å². The molecule has 2 heterocycles. The molecule has 6 heteroatoms. The number of aliphatic hydroxyl groups excluding tert-OH is 1. The second-order valence-electron chi connectivity index (χ2n) is 4.66. The van der Waals surface area contributed by atoms with Crippen LogP contribution in [0.3, 0.4) is 0 Å². The number of pyridine rings is 2. The molecule has 0 unspecified atom stereocenters. The number of aromatic nitrogens is 2. The zero-order valence-electron chi connectivity index (χ0n) is 12.2. The van der Waals surface area contributed by atoms with E-state index in [0.29, 0.717) is 30.0 Å². The van der Waals surface area contributed by atoms with Crippen molar-refractivity contribution in [2.24, 2.45) is 0 Å². The summed E-state index contributed by atoms with van der Waals surface area (Å²) in [5.74, 6) is -0.424. The molecule has 0 aromatic carbocycles. The average Bonchev–Trinajstić information content (AvgIpc) is 2.49. The SMILES string of the molecule is CCCOC(=O)c1cnc2nc(C)ccc2c1NCCO. The molecule has 0 aliphatic rings. The van der Waals surface area contributed by atoms with Crippen molar-refractivity contribution in [3.8, 4) is 0 Å². The molecule has 2 aromatic rings. The van der Waals surface area contributed by atoms with Crippen LogP contribution in [0.5, 0.6) is 0 Å². The first-order valence-corrected chi connectivity index (χ1v) is 6.95. The topological polar surface area (TPSA) is 84.3 Å². The molecular formula is C15H19N3O3. The number of ether oxygens (including phenoxy) is 1. The Kier molecular flexibility index (Phi) is 5.05. The van der Waals surface area contributed by atoms with E-state index in [2.05, 4.69) is 15.3 Å². The Morgan fingerprint density at radius 1 is 1.43 bits per heavy atom. The van der Waals surface area contributed by atoms with Crippen LogP contribution in [0, 0.1) is 6.92 Å². The smallest absolute Gasteiger partial charge is 0.341 e. The Labute approximate surface area is 123 Å². The summed E-state index contributed by atoms with van der Waals surface area (Å²) < 4.78 is 5.17. The summed E-state index contributed by atoms with van der Waals surface area (Å²) in [5.41, 5.74) is 2.37. The van der Waals surface area contributed by atoms with E-state index < -0.39 is 5.97 Å². The zero-order chi connectivity index (χ0) is 15.2. The lowest BCUT2D eigenvalue weighted by Crippen LogP contribution is -2.14. The normalized spacial score (nSPS) is 10.6. The van der Waals surface area contributed by atoms with Gasteiger partial charge in [-0.25, -0.2) is 14.8 Å². The average molecular weight is 289 g/mol. The van der Waals surface area contributed by atoms with E-state index >= 15 is 0 Å². The summed E-state index contributed by atoms with van der Waals surface area (Å²) in [7, 11) is 0. The number of nitrogens with one attached hydrogen (secondary N) is 1. The fraction of sp³-hybridized carbons (Fsp3) is 0.400. The van der Waals surface area contributed by atoms with Crippen molar-refractivity contribution in [1.82, 2.24) is 9.97 Å². The van der Waals surface area contributed by atoms with Crippen LogP contribution in [0.4, 0.5) is 5.69 Å². The third kappa shape index (κ3) is 3.46. The first-order valence-electron chi connectivity index (χ1n) is 6.95. The standard InChI is InChI=1S/C15H19N3O3/c1-3-8-21-15(20)12-9-17-14-11(5-4-10(2)18-14)13(12)16-6-7-19/h4-5,9,19H,3,6-8H2,1-2H3,(H,16,17,18). The summed E-state index contributed by atoms with van der Waals surface area (Å²) in [4.78, 5) is 20.7. The Hall–Kier alpha value is -2.21. The minimum Gasteiger partial charge on any atom is -0.462 e. The van der Waals surface area contributed by atoms with Crippen LogP contribution in [-0.2, 0) is 4.74 Å². The van der Waals surface area contributed by atoms with Gasteiger partial charge in [0.15, 0.2) is 5.65 Å². The molecule has 0 aliphatic heterocycles. The third-order valence-electron chi connectivity index (χ3n) is 2.94. The van der Waals surface area contributed by atoms with Crippen LogP contribution in [0.2, 0.25) is 0 Å². The minimum atomic E-state index is -0.424. The first kappa shape index (κ1) is 15.2. The van der Waals surface area contributed by atoms with Crippen molar-refractivity contribution < 1.29 is 14.6 Å². The van der Waals surface area contributed by atoms with Crippen LogP contribution in [0.15, 0.2) is 18.3 Å². The fourth-order valence-electron chi connectivity index (χ4n) is 1.97. The highest BCUT2D eigenvalue weighted by Crippen LogP contribution is 2.25. The van der Waals surface area contributed by atoms with E-state index in [1.807, 2.05) is 26.0 Å². The highest BCUT2D eigenvalue weighted by Gasteiger charge is 2.17. The predicted octanol–water partition coefficient (Wildman–Crippen LogP) is 1.91. The molecule has 0 aliphatic carbocycles. The maximum atomic E-state index is 12.1. The first-order chi connectivity index (χ1) is 10.2. The number of rotatable bonds is 6. The Balaban J connectivity index is 2.48. The van der Waals surface area contributed by atoms with Gasteiger partial charge in [0, 0.05) is 23.8 Å². The van der Waals surface area contributed by atoms with Crippen molar-refractivity contribution in [3.63, 3.8) is 0 Å². The maximum Gasteiger partial charge on any atom is 0.341 e. The molecule has 0 saturated carbocycles. The molecule has 0 saturated heterocycles. The highest BCUT2D eigenvalue weighted by molar-refractivity contribution is 6.04. The number of carbonyl (C=O) groups excluding carboxylic acids is 1. The molecule has 112 valence electrons. The Morgan fingerprint density at radius 2 is 2.24 bits per heavy atom. The second kappa shape index (κ2) is 6.99. The summed E-state index contributed by atoms with van der Waals surface area (Å²) in [6.45, 7) is 4.48. The third-order valence-corrected chi connectivity index (χ3v) is 2.94. The van der Waals surface area contributed by atoms with Crippen LogP contribution in [0.1, 0.15) is 29.4 Å². The van der Waals surface area contributed by atoms with E-state index in [1.165, 1.54) is 6.20 Å². The van der Waals surface area contributed by atoms with Gasteiger partial charge in [-0.1, -0.05) is 6.92 Å². The Bertz CT molecular complexity index is 643. The van der Waals surface area contributed by atoms with Gasteiger partial charge >= 0.3 is 5.97 Å². The zero-order valence-corrected chi connectivity index (χ0v) is 12.2. The van der Waals surface area contributed by atoms with Gasteiger partial charge in [-0.05, 0) is 25.5 Å². The quantitative estimate of drug-likeness (QED) is 0.790. The molecular weight excluding hydrogens is 270 g/mol. The molecule has 0 amide bonds. The number of hydrogen-bond donors (Lipinski definition) is 2. The number of fused-ring (bicyclic) bond motifs is 1. The molecule has 2 rings (SSSR count). The summed E-state index contributed by atoms with van der Waals surface area (Å²) in [5, 5.41) is 12.8. The van der Waals surface area contributed by atoms with Gasteiger partial charge in [-0.2, -0.15) is 0 Å². The number of aryl methyl sites for hydroxylation is 1. The summed E-state index contributed by atoms with van der Waals surface area (Å²) in [6.07, 6.45) is 2.22. The van der Waals surface area contributed by atoms with Crippen LogP contribution >= 0.6 is 0 Å². The molecule has 21 heavy (non-hydrogen) atoms. The maximum absolute atomic E-state index is 12.1. The van der Waals surface area contributed by atoms with Crippen LogP contribution in [-0.4, -0.2) is 40.8 Å². The lowest BCUT2D eigenvalue weighted by Gasteiger charge is -2.13. The number of nitrogens with zero attached hydrogens (tertiary/aromatic N) is 2. The van der Waals surface area contributed by atoms with E-state index in [0.717, 1.165) is 17.5 Å². The monoisotopic (exact) mass is 289 g/mol. The molecule has 0 spiro atoms. The molecule has 6 nitrogen and oxygen atoms in total. The molecule has 2 aromatic heterocycles. The molecule has 0 fully saturated rings. The fourth-order valence-corrected chi connectivity index (χ4v) is 1.97. The summed E-state index contributed by atoms with van der Waals surface area (Å²) in [6, 6.07) is 3.72. The van der Waals surface area contributed by atoms with Gasteiger partial charge in [0.1, 0.15) is 5.56 Å². The summed E-state index contributed by atoms with van der Waals surface area (Å²) >= 11 is 0. The van der Waals surface area contributed by atoms with Crippen molar-refractivity contribution in [2.75, 3.05) is 25.1 Å². The van der Waals surface area contributed by atoms with E-state index in [4.69, 9.17) is 9.84 Å². The van der Waals surface area contributed by atoms with Crippen molar-refractivity contribution >= 4 is 22.7 Å². The minimum absolute atomic E-state index is 0.0352. The Morgan fingerprint density at radius 3 is 2.95 bits per heavy atom. The molecule has 0 atom stereocenters. The lowest BCUT2D eigenvalue weighted by atomic mass is 10.1. The van der Waals surface area contributed by atoms with Gasteiger partial charge in [0.25, 0.3) is 0 Å². The number of aliphatic hydroxyl groups is 1. The number of anilines is 1. The van der Waals surface area contributed by atoms with Crippen molar-refractivity contribution in [2.45, 2.75) is 20.3 Å². The highest BCUT2D eigenvalue weighted by atomic mass is 16.5. The number of hydrogen-bond acceptors (Lipinski definition) is 6. The number of carbonyl (C=O) groups is 1. The van der Waals surface area contributed by atoms with Crippen molar-refractivity contribution in [3.05, 3.63) is 29.6 Å². The second-order valence-corrected chi connectivity index (χ2v) is 4.66.